The van der Waals surface area contributed by atoms with Crippen LogP contribution in [0.1, 0.15) is 29.9 Å². The van der Waals surface area contributed by atoms with Gasteiger partial charge in [0.2, 0.25) is 11.8 Å². The molecule has 0 heterocycles. The number of likely N-dealkylation sites (N-methyl/N-ethyl adjacent to an activating group) is 1. The largest absolute Gasteiger partial charge is 0.349 e. The van der Waals surface area contributed by atoms with Crippen molar-refractivity contribution >= 4 is 11.8 Å². The Labute approximate surface area is 168 Å². The molecule has 0 aliphatic heterocycles. The van der Waals surface area contributed by atoms with Gasteiger partial charge in [0, 0.05) is 40.5 Å². The van der Waals surface area contributed by atoms with Crippen LogP contribution < -0.4 is 0 Å². The van der Waals surface area contributed by atoms with Gasteiger partial charge in [0.15, 0.2) is 0 Å². The van der Waals surface area contributed by atoms with Crippen LogP contribution in [-0.4, -0.2) is 49.8 Å². The lowest BCUT2D eigenvalue weighted by Gasteiger charge is -2.41. The summed E-state index contributed by atoms with van der Waals surface area (Å²) in [6.45, 7) is 3.94. The fraction of sp³-hybridized carbons (Fsp3) is 0.333. The Bertz CT molecular complexity index is 800. The second-order valence-corrected chi connectivity index (χ2v) is 7.49. The number of nitrogens with zero attached hydrogens (tertiary/aromatic N) is 2. The molecule has 148 valence electrons. The summed E-state index contributed by atoms with van der Waals surface area (Å²) in [7, 11) is 7.02. The molecule has 0 aromatic heterocycles. The van der Waals surface area contributed by atoms with Crippen LogP contribution in [0.3, 0.4) is 0 Å². The predicted octanol–water partition coefficient (Wildman–Crippen LogP) is 3.85. The minimum absolute atomic E-state index is 0.00947. The van der Waals surface area contributed by atoms with Crippen LogP contribution in [0.4, 0.5) is 0 Å². The molecule has 0 N–H and O–H groups in total. The first-order valence-corrected chi connectivity index (χ1v) is 9.47. The maximum absolute atomic E-state index is 13.7. The average molecular weight is 379 g/mol. The second-order valence-electron chi connectivity index (χ2n) is 7.49. The van der Waals surface area contributed by atoms with E-state index in [0.717, 1.165) is 11.1 Å². The van der Waals surface area contributed by atoms with Gasteiger partial charge in [-0.25, -0.2) is 0 Å². The highest BCUT2D eigenvalue weighted by atomic mass is 16.2. The topological polar surface area (TPSA) is 40.6 Å². The third-order valence-electron chi connectivity index (χ3n) is 5.22. The van der Waals surface area contributed by atoms with Crippen molar-refractivity contribution in [3.8, 4) is 0 Å². The van der Waals surface area contributed by atoms with E-state index in [4.69, 9.17) is 0 Å². The molecule has 0 unspecified atom stereocenters. The van der Waals surface area contributed by atoms with Crippen LogP contribution in [0.25, 0.3) is 0 Å². The van der Waals surface area contributed by atoms with Gasteiger partial charge in [0.25, 0.3) is 0 Å². The first-order chi connectivity index (χ1) is 13.3. The van der Waals surface area contributed by atoms with Crippen molar-refractivity contribution in [1.29, 1.82) is 0 Å². The van der Waals surface area contributed by atoms with Crippen LogP contribution in [0.15, 0.2) is 73.3 Å². The molecule has 0 spiro atoms. The van der Waals surface area contributed by atoms with Crippen LogP contribution in [0, 0.1) is 0 Å². The highest BCUT2D eigenvalue weighted by Crippen LogP contribution is 2.46. The van der Waals surface area contributed by atoms with E-state index < -0.39 is 5.41 Å². The molecule has 0 fully saturated rings. The van der Waals surface area contributed by atoms with Crippen molar-refractivity contribution in [1.82, 2.24) is 9.80 Å². The zero-order valence-corrected chi connectivity index (χ0v) is 17.3. The molecule has 4 nitrogen and oxygen atoms in total. The van der Waals surface area contributed by atoms with Crippen LogP contribution in [0.5, 0.6) is 0 Å². The summed E-state index contributed by atoms with van der Waals surface area (Å²) in [5.41, 5.74) is 0.951. The monoisotopic (exact) mass is 378 g/mol. The van der Waals surface area contributed by atoms with Gasteiger partial charge in [-0.1, -0.05) is 66.7 Å². The molecule has 28 heavy (non-hydrogen) atoms. The molecule has 2 aromatic carbocycles. The summed E-state index contributed by atoms with van der Waals surface area (Å²) in [5.74, 6) is -0.359. The van der Waals surface area contributed by atoms with Gasteiger partial charge in [0.05, 0.1) is 5.41 Å². The predicted molar refractivity (Wildman–Crippen MR) is 114 cm³/mol. The van der Waals surface area contributed by atoms with Crippen LogP contribution in [0.2, 0.25) is 0 Å². The molecule has 2 rings (SSSR count). The third kappa shape index (κ3) is 4.33. The Hall–Kier alpha value is -2.88. The van der Waals surface area contributed by atoms with Crippen molar-refractivity contribution in [3.63, 3.8) is 0 Å². The molecular weight excluding hydrogens is 348 g/mol. The van der Waals surface area contributed by atoms with E-state index in [1.165, 1.54) is 0 Å². The number of rotatable bonds is 8. The molecular formula is C24H30N2O2. The summed E-state index contributed by atoms with van der Waals surface area (Å²) >= 11 is 0. The van der Waals surface area contributed by atoms with Gasteiger partial charge in [-0.2, -0.15) is 0 Å². The number of hydrogen-bond donors (Lipinski definition) is 0. The normalized spacial score (nSPS) is 13.9. The first kappa shape index (κ1) is 21.4. The van der Waals surface area contributed by atoms with E-state index >= 15 is 0 Å². The number of carbonyl (C=O) groups is 2. The highest BCUT2D eigenvalue weighted by molar-refractivity contribution is 5.91. The summed E-state index contributed by atoms with van der Waals surface area (Å²) in [6.07, 6.45) is 2.46. The lowest BCUT2D eigenvalue weighted by molar-refractivity contribution is -0.137. The zero-order valence-electron chi connectivity index (χ0n) is 17.3. The van der Waals surface area contributed by atoms with E-state index in [2.05, 4.69) is 6.58 Å². The number of allylic oxidation sites excluding steroid dienone is 1. The lowest BCUT2D eigenvalue weighted by Crippen LogP contribution is -2.49. The Morgan fingerprint density at radius 1 is 0.929 bits per heavy atom. The first-order valence-electron chi connectivity index (χ1n) is 9.47. The fourth-order valence-corrected chi connectivity index (χ4v) is 3.80. The molecule has 2 atom stereocenters. The zero-order chi connectivity index (χ0) is 20.7. The quantitative estimate of drug-likeness (QED) is 0.655. The Kier molecular flexibility index (Phi) is 7.16. The highest BCUT2D eigenvalue weighted by Gasteiger charge is 2.48. The molecule has 0 saturated carbocycles. The standard InChI is InChI=1S/C24H30N2O2/c1-6-17-24(23(28)26(4)5,20-15-11-8-12-16-20)21(18-22(27)25(2)3)19-13-9-7-10-14-19/h6-16,21H,1,17-18H2,2-5H3/t21-,24+/m0/s1. The summed E-state index contributed by atoms with van der Waals surface area (Å²) in [5, 5.41) is 0. The van der Waals surface area contributed by atoms with Gasteiger partial charge in [-0.3, -0.25) is 9.59 Å². The van der Waals surface area contributed by atoms with Crippen molar-refractivity contribution < 1.29 is 9.59 Å². The number of carbonyl (C=O) groups excluding carboxylic acids is 2. The lowest BCUT2D eigenvalue weighted by atomic mass is 9.63. The molecule has 2 amide bonds. The maximum Gasteiger partial charge on any atom is 0.233 e. The van der Waals surface area contributed by atoms with Crippen LogP contribution >= 0.6 is 0 Å². The third-order valence-corrected chi connectivity index (χ3v) is 5.22. The van der Waals surface area contributed by atoms with Crippen molar-refractivity contribution in [3.05, 3.63) is 84.4 Å². The Morgan fingerprint density at radius 2 is 1.46 bits per heavy atom. The van der Waals surface area contributed by atoms with E-state index in [0.29, 0.717) is 6.42 Å². The molecule has 0 radical (unpaired) electrons. The van der Waals surface area contributed by atoms with E-state index in [1.54, 1.807) is 44.1 Å². The molecule has 2 aromatic rings. The van der Waals surface area contributed by atoms with Gasteiger partial charge in [0.1, 0.15) is 0 Å². The minimum atomic E-state index is -0.917. The van der Waals surface area contributed by atoms with E-state index in [9.17, 15) is 9.59 Å². The smallest absolute Gasteiger partial charge is 0.233 e. The second kappa shape index (κ2) is 9.36. The summed E-state index contributed by atoms with van der Waals surface area (Å²) in [4.78, 5) is 29.7. The van der Waals surface area contributed by atoms with Crippen molar-refractivity contribution in [2.75, 3.05) is 28.2 Å². The molecule has 0 bridgehead atoms. The summed E-state index contributed by atoms with van der Waals surface area (Å²) in [6, 6.07) is 19.6. The van der Waals surface area contributed by atoms with E-state index in [-0.39, 0.29) is 24.2 Å². The SMILES string of the molecule is C=CC[C@@](C(=O)N(C)C)(c1ccccc1)[C@@H](CC(=O)N(C)C)c1ccccc1. The fourth-order valence-electron chi connectivity index (χ4n) is 3.80. The summed E-state index contributed by atoms with van der Waals surface area (Å²) < 4.78 is 0. The minimum Gasteiger partial charge on any atom is -0.349 e. The molecule has 0 saturated heterocycles. The van der Waals surface area contributed by atoms with Gasteiger partial charge < -0.3 is 9.80 Å². The Balaban J connectivity index is 2.78. The van der Waals surface area contributed by atoms with Crippen LogP contribution in [-0.2, 0) is 15.0 Å². The number of hydrogen-bond acceptors (Lipinski definition) is 2. The average Bonchev–Trinajstić information content (AvgIpc) is 2.71. The molecule has 0 aliphatic carbocycles. The maximum atomic E-state index is 13.7. The van der Waals surface area contributed by atoms with Gasteiger partial charge in [-0.05, 0) is 17.5 Å². The molecule has 0 aliphatic rings. The number of benzene rings is 2. The van der Waals surface area contributed by atoms with Gasteiger partial charge >= 0.3 is 0 Å². The van der Waals surface area contributed by atoms with Crippen molar-refractivity contribution in [2.45, 2.75) is 24.2 Å². The Morgan fingerprint density at radius 3 is 1.93 bits per heavy atom. The van der Waals surface area contributed by atoms with Gasteiger partial charge in [-0.15, -0.1) is 6.58 Å². The van der Waals surface area contributed by atoms with Crippen molar-refractivity contribution in [2.24, 2.45) is 0 Å². The number of amides is 2. The van der Waals surface area contributed by atoms with E-state index in [1.807, 2.05) is 60.7 Å². The molecule has 4 heteroatoms.